The van der Waals surface area contributed by atoms with Crippen LogP contribution in [0.3, 0.4) is 0 Å². The van der Waals surface area contributed by atoms with Gasteiger partial charge in [-0.1, -0.05) is 17.7 Å². The lowest BCUT2D eigenvalue weighted by atomic mass is 10.1. The van der Waals surface area contributed by atoms with E-state index in [0.717, 1.165) is 0 Å². The fourth-order valence-corrected chi connectivity index (χ4v) is 3.07. The number of carbonyl (C=O) groups excluding carboxylic acids is 3. The highest BCUT2D eigenvalue weighted by molar-refractivity contribution is 7.12. The molecule has 3 N–H and O–H groups in total. The van der Waals surface area contributed by atoms with Gasteiger partial charge in [0.1, 0.15) is 0 Å². The van der Waals surface area contributed by atoms with Crippen LogP contribution in [0.2, 0.25) is 5.02 Å². The molecule has 0 radical (unpaired) electrons. The first-order valence-corrected chi connectivity index (χ1v) is 9.84. The number of amides is 3. The molecule has 0 fully saturated rings. The average molecular weight is 408 g/mol. The lowest BCUT2D eigenvalue weighted by Gasteiger charge is -2.11. The molecule has 0 bridgehead atoms. The van der Waals surface area contributed by atoms with Gasteiger partial charge in [0, 0.05) is 24.6 Å². The molecule has 2 rings (SSSR count). The summed E-state index contributed by atoms with van der Waals surface area (Å²) in [7, 11) is 0. The second-order valence-corrected chi connectivity index (χ2v) is 7.56. The van der Waals surface area contributed by atoms with Gasteiger partial charge in [-0.3, -0.25) is 14.4 Å². The first-order valence-electron chi connectivity index (χ1n) is 8.59. The van der Waals surface area contributed by atoms with Gasteiger partial charge in [0.25, 0.3) is 11.8 Å². The zero-order chi connectivity index (χ0) is 19.8. The van der Waals surface area contributed by atoms with Crippen LogP contribution in [-0.2, 0) is 4.79 Å². The maximum absolute atomic E-state index is 12.1. The molecule has 0 saturated carbocycles. The minimum atomic E-state index is -0.233. The SMILES string of the molecule is CC(C)NC(=O)c1ccc(Cl)c(NC(=O)CCCNC(=O)c2cccs2)c1. The molecule has 27 heavy (non-hydrogen) atoms. The van der Waals surface area contributed by atoms with Crippen molar-refractivity contribution >= 4 is 46.3 Å². The summed E-state index contributed by atoms with van der Waals surface area (Å²) in [6.07, 6.45) is 0.720. The van der Waals surface area contributed by atoms with E-state index in [1.807, 2.05) is 25.3 Å². The summed E-state index contributed by atoms with van der Waals surface area (Å²) in [5.41, 5.74) is 0.812. The molecule has 6 nitrogen and oxygen atoms in total. The van der Waals surface area contributed by atoms with E-state index in [1.54, 1.807) is 24.3 Å². The van der Waals surface area contributed by atoms with Crippen LogP contribution in [0, 0.1) is 0 Å². The second-order valence-electron chi connectivity index (χ2n) is 6.21. The van der Waals surface area contributed by atoms with Gasteiger partial charge in [-0.25, -0.2) is 0 Å². The Bertz CT molecular complexity index is 807. The predicted octanol–water partition coefficient (Wildman–Crippen LogP) is 3.69. The van der Waals surface area contributed by atoms with Crippen LogP contribution >= 0.6 is 22.9 Å². The van der Waals surface area contributed by atoms with E-state index in [2.05, 4.69) is 16.0 Å². The molecular weight excluding hydrogens is 386 g/mol. The molecule has 0 aliphatic heterocycles. The number of anilines is 1. The molecule has 0 aliphatic carbocycles. The minimum absolute atomic E-state index is 0.00982. The summed E-state index contributed by atoms with van der Waals surface area (Å²) in [5.74, 6) is -0.602. The topological polar surface area (TPSA) is 87.3 Å². The molecule has 2 aromatic rings. The Hall–Kier alpha value is -2.38. The largest absolute Gasteiger partial charge is 0.351 e. The van der Waals surface area contributed by atoms with Gasteiger partial charge in [-0.05, 0) is 49.9 Å². The predicted molar refractivity (Wildman–Crippen MR) is 109 cm³/mol. The summed E-state index contributed by atoms with van der Waals surface area (Å²) in [4.78, 5) is 36.6. The smallest absolute Gasteiger partial charge is 0.261 e. The van der Waals surface area contributed by atoms with Gasteiger partial charge in [-0.2, -0.15) is 0 Å². The molecule has 1 aromatic carbocycles. The van der Waals surface area contributed by atoms with Gasteiger partial charge >= 0.3 is 0 Å². The van der Waals surface area contributed by atoms with Gasteiger partial charge in [0.05, 0.1) is 15.6 Å². The molecule has 0 unspecified atom stereocenters. The zero-order valence-corrected chi connectivity index (χ0v) is 16.7. The van der Waals surface area contributed by atoms with Gasteiger partial charge in [0.15, 0.2) is 0 Å². The van der Waals surface area contributed by atoms with E-state index in [4.69, 9.17) is 11.6 Å². The van der Waals surface area contributed by atoms with Crippen LogP contribution in [0.4, 0.5) is 5.69 Å². The van der Waals surface area contributed by atoms with Gasteiger partial charge in [-0.15, -0.1) is 11.3 Å². The van der Waals surface area contributed by atoms with Gasteiger partial charge < -0.3 is 16.0 Å². The fourth-order valence-electron chi connectivity index (χ4n) is 2.27. The van der Waals surface area contributed by atoms with Crippen molar-refractivity contribution in [3.05, 3.63) is 51.2 Å². The monoisotopic (exact) mass is 407 g/mol. The molecule has 0 aliphatic rings. The molecule has 144 valence electrons. The Morgan fingerprint density at radius 3 is 2.59 bits per heavy atom. The lowest BCUT2D eigenvalue weighted by molar-refractivity contribution is -0.116. The Balaban J connectivity index is 1.82. The van der Waals surface area contributed by atoms with E-state index >= 15 is 0 Å². The van der Waals surface area contributed by atoms with E-state index in [1.165, 1.54) is 11.3 Å². The number of nitrogens with one attached hydrogen (secondary N) is 3. The van der Waals surface area contributed by atoms with Crippen molar-refractivity contribution in [2.45, 2.75) is 32.7 Å². The number of halogens is 1. The third kappa shape index (κ3) is 6.69. The molecule has 1 aromatic heterocycles. The normalized spacial score (nSPS) is 10.5. The summed E-state index contributed by atoms with van der Waals surface area (Å²) in [6.45, 7) is 4.14. The molecule has 0 spiro atoms. The van der Waals surface area contributed by atoms with E-state index in [0.29, 0.717) is 34.1 Å². The first-order chi connectivity index (χ1) is 12.9. The summed E-state index contributed by atoms with van der Waals surface area (Å²) in [6, 6.07) is 8.30. The highest BCUT2D eigenvalue weighted by Gasteiger charge is 2.12. The standard InChI is InChI=1S/C19H22ClN3O3S/c1-12(2)22-18(25)13-7-8-14(20)15(11-13)23-17(24)6-3-9-21-19(26)16-5-4-10-27-16/h4-5,7-8,10-12H,3,6,9H2,1-2H3,(H,21,26)(H,22,25)(H,23,24). The number of hydrogen-bond donors (Lipinski definition) is 3. The quantitative estimate of drug-likeness (QED) is 0.583. The highest BCUT2D eigenvalue weighted by atomic mass is 35.5. The Labute approximate surface area is 167 Å². The molecule has 3 amide bonds. The lowest BCUT2D eigenvalue weighted by Crippen LogP contribution is -2.30. The van der Waals surface area contributed by atoms with Crippen molar-refractivity contribution < 1.29 is 14.4 Å². The minimum Gasteiger partial charge on any atom is -0.351 e. The van der Waals surface area contributed by atoms with E-state index in [9.17, 15) is 14.4 Å². The van der Waals surface area contributed by atoms with Crippen LogP contribution in [0.1, 0.15) is 46.7 Å². The number of carbonyl (C=O) groups is 3. The number of rotatable bonds is 8. The van der Waals surface area contributed by atoms with Crippen LogP contribution in [0.5, 0.6) is 0 Å². The van der Waals surface area contributed by atoms with Crippen LogP contribution in [-0.4, -0.2) is 30.3 Å². The Morgan fingerprint density at radius 1 is 1.15 bits per heavy atom. The summed E-state index contributed by atoms with van der Waals surface area (Å²) >= 11 is 7.48. The third-order valence-electron chi connectivity index (χ3n) is 3.53. The molecule has 1 heterocycles. The number of hydrogen-bond acceptors (Lipinski definition) is 4. The van der Waals surface area contributed by atoms with Crippen molar-refractivity contribution in [3.63, 3.8) is 0 Å². The van der Waals surface area contributed by atoms with Gasteiger partial charge in [0.2, 0.25) is 5.91 Å². The van der Waals surface area contributed by atoms with Crippen molar-refractivity contribution in [2.24, 2.45) is 0 Å². The fraction of sp³-hybridized carbons (Fsp3) is 0.316. The highest BCUT2D eigenvalue weighted by Crippen LogP contribution is 2.23. The summed E-state index contributed by atoms with van der Waals surface area (Å²) in [5, 5.41) is 10.5. The maximum atomic E-state index is 12.1. The molecule has 8 heteroatoms. The number of benzene rings is 1. The van der Waals surface area contributed by atoms with Crippen molar-refractivity contribution in [1.29, 1.82) is 0 Å². The van der Waals surface area contributed by atoms with Crippen LogP contribution in [0.25, 0.3) is 0 Å². The molecule has 0 atom stereocenters. The van der Waals surface area contributed by atoms with Crippen LogP contribution in [0.15, 0.2) is 35.7 Å². The van der Waals surface area contributed by atoms with E-state index < -0.39 is 0 Å². The number of thiophene rings is 1. The molecule has 0 saturated heterocycles. The maximum Gasteiger partial charge on any atom is 0.261 e. The van der Waals surface area contributed by atoms with Crippen molar-refractivity contribution in [1.82, 2.24) is 10.6 Å². The van der Waals surface area contributed by atoms with E-state index in [-0.39, 0.29) is 30.2 Å². The van der Waals surface area contributed by atoms with Crippen LogP contribution < -0.4 is 16.0 Å². The van der Waals surface area contributed by atoms with Crippen molar-refractivity contribution in [2.75, 3.05) is 11.9 Å². The third-order valence-corrected chi connectivity index (χ3v) is 4.73. The molecular formula is C19H22ClN3O3S. The Morgan fingerprint density at radius 2 is 1.93 bits per heavy atom. The first kappa shape index (κ1) is 20.9. The summed E-state index contributed by atoms with van der Waals surface area (Å²) < 4.78 is 0. The van der Waals surface area contributed by atoms with Crippen molar-refractivity contribution in [3.8, 4) is 0 Å². The zero-order valence-electron chi connectivity index (χ0n) is 15.2. The average Bonchev–Trinajstić information content (AvgIpc) is 3.14. The Kier molecular flexibility index (Phi) is 7.82. The second kappa shape index (κ2) is 10.1.